The summed E-state index contributed by atoms with van der Waals surface area (Å²) in [6.07, 6.45) is 2.49. The Kier molecular flexibility index (Phi) is 2.69. The van der Waals surface area contributed by atoms with Crippen LogP contribution >= 0.6 is 11.6 Å². The van der Waals surface area contributed by atoms with Crippen molar-refractivity contribution in [2.24, 2.45) is 0 Å². The molecule has 1 aliphatic carbocycles. The molecule has 4 nitrogen and oxygen atoms in total. The molecule has 0 amide bonds. The van der Waals surface area contributed by atoms with E-state index in [0.29, 0.717) is 29.5 Å². The van der Waals surface area contributed by atoms with Crippen LogP contribution in [0.1, 0.15) is 37.4 Å². The lowest BCUT2D eigenvalue weighted by Crippen LogP contribution is -2.26. The number of alkyl halides is 2. The summed E-state index contributed by atoms with van der Waals surface area (Å²) in [4.78, 5) is 3.93. The first kappa shape index (κ1) is 11.8. The second kappa shape index (κ2) is 4.12. The van der Waals surface area contributed by atoms with Crippen LogP contribution in [0.4, 0.5) is 8.78 Å². The summed E-state index contributed by atoms with van der Waals surface area (Å²) in [6, 6.07) is 1.57. The number of fused-ring (bicyclic) bond motifs is 1. The standard InChI is InChI=1S/C11H11ClF2N4/c12-8-4-9-16-17-10(18(9)6-15-8)7-2-1-3-11(13,14)5-7/h4,6-7H,1-3,5H2. The third-order valence-corrected chi connectivity index (χ3v) is 3.51. The van der Waals surface area contributed by atoms with E-state index in [0.717, 1.165) is 0 Å². The lowest BCUT2D eigenvalue weighted by molar-refractivity contribution is -0.0418. The Hall–Kier alpha value is -1.30. The summed E-state index contributed by atoms with van der Waals surface area (Å²) >= 11 is 5.75. The zero-order valence-electron chi connectivity index (χ0n) is 9.48. The first-order valence-corrected chi connectivity index (χ1v) is 6.17. The predicted octanol–water partition coefficient (Wildman–Crippen LogP) is 3.07. The lowest BCUT2D eigenvalue weighted by atomic mass is 9.86. The van der Waals surface area contributed by atoms with Crippen molar-refractivity contribution in [3.63, 3.8) is 0 Å². The Morgan fingerprint density at radius 1 is 1.39 bits per heavy atom. The van der Waals surface area contributed by atoms with E-state index in [9.17, 15) is 8.78 Å². The molecule has 1 saturated carbocycles. The minimum atomic E-state index is -2.60. The van der Waals surface area contributed by atoms with Crippen LogP contribution < -0.4 is 0 Å². The summed E-state index contributed by atoms with van der Waals surface area (Å²) in [5.74, 6) is -2.32. The van der Waals surface area contributed by atoms with Crippen LogP contribution in [-0.2, 0) is 0 Å². The van der Waals surface area contributed by atoms with Gasteiger partial charge in [0.1, 0.15) is 17.3 Å². The minimum absolute atomic E-state index is 0.0374. The molecule has 2 aromatic heterocycles. The minimum Gasteiger partial charge on any atom is -0.269 e. The van der Waals surface area contributed by atoms with E-state index in [1.54, 1.807) is 10.5 Å². The van der Waals surface area contributed by atoms with Gasteiger partial charge in [-0.3, -0.25) is 4.40 Å². The normalized spacial score (nSPS) is 23.4. The van der Waals surface area contributed by atoms with Gasteiger partial charge in [0.15, 0.2) is 5.65 Å². The predicted molar refractivity (Wildman–Crippen MR) is 61.9 cm³/mol. The van der Waals surface area contributed by atoms with Crippen LogP contribution in [0.5, 0.6) is 0 Å². The van der Waals surface area contributed by atoms with E-state index in [4.69, 9.17) is 11.6 Å². The van der Waals surface area contributed by atoms with Crippen molar-refractivity contribution in [3.8, 4) is 0 Å². The topological polar surface area (TPSA) is 43.1 Å². The Morgan fingerprint density at radius 2 is 2.22 bits per heavy atom. The Labute approximate surface area is 107 Å². The van der Waals surface area contributed by atoms with Crippen LogP contribution in [0.25, 0.3) is 5.65 Å². The Bertz CT molecular complexity index is 583. The molecule has 1 fully saturated rings. The van der Waals surface area contributed by atoms with Crippen LogP contribution in [0.15, 0.2) is 12.4 Å². The third-order valence-electron chi connectivity index (χ3n) is 3.30. The van der Waals surface area contributed by atoms with Crippen molar-refractivity contribution in [3.05, 3.63) is 23.4 Å². The maximum atomic E-state index is 13.4. The van der Waals surface area contributed by atoms with Crippen LogP contribution in [-0.4, -0.2) is 25.5 Å². The highest BCUT2D eigenvalue weighted by atomic mass is 35.5. The largest absolute Gasteiger partial charge is 0.269 e. The molecule has 1 aliphatic rings. The molecule has 0 aliphatic heterocycles. The van der Waals surface area contributed by atoms with Gasteiger partial charge in [-0.05, 0) is 12.8 Å². The zero-order valence-corrected chi connectivity index (χ0v) is 10.2. The monoisotopic (exact) mass is 272 g/mol. The van der Waals surface area contributed by atoms with Gasteiger partial charge in [-0.1, -0.05) is 11.6 Å². The maximum Gasteiger partial charge on any atom is 0.248 e. The van der Waals surface area contributed by atoms with Crippen molar-refractivity contribution in [2.75, 3.05) is 0 Å². The van der Waals surface area contributed by atoms with E-state index in [2.05, 4.69) is 15.2 Å². The maximum absolute atomic E-state index is 13.4. The molecular formula is C11H11ClF2N4. The summed E-state index contributed by atoms with van der Waals surface area (Å²) < 4.78 is 28.5. The average Bonchev–Trinajstić information content (AvgIpc) is 2.70. The van der Waals surface area contributed by atoms with Crippen LogP contribution in [0.2, 0.25) is 5.15 Å². The van der Waals surface area contributed by atoms with Gasteiger partial charge in [0.2, 0.25) is 5.92 Å². The summed E-state index contributed by atoms with van der Waals surface area (Å²) in [5.41, 5.74) is 0.541. The van der Waals surface area contributed by atoms with Gasteiger partial charge in [0.25, 0.3) is 0 Å². The van der Waals surface area contributed by atoms with Crippen LogP contribution in [0, 0.1) is 0 Å². The van der Waals surface area contributed by atoms with Crippen molar-refractivity contribution < 1.29 is 8.78 Å². The van der Waals surface area contributed by atoms with Gasteiger partial charge in [-0.2, -0.15) is 0 Å². The number of halogens is 3. The summed E-state index contributed by atoms with van der Waals surface area (Å²) in [6.45, 7) is 0. The summed E-state index contributed by atoms with van der Waals surface area (Å²) in [7, 11) is 0. The Balaban J connectivity index is 1.99. The molecule has 0 aromatic carbocycles. The Morgan fingerprint density at radius 3 is 3.00 bits per heavy atom. The molecule has 1 unspecified atom stereocenters. The summed E-state index contributed by atoms with van der Waals surface area (Å²) in [5, 5.41) is 8.27. The molecule has 18 heavy (non-hydrogen) atoms. The zero-order chi connectivity index (χ0) is 12.8. The third kappa shape index (κ3) is 2.05. The molecule has 0 bridgehead atoms. The van der Waals surface area contributed by atoms with E-state index < -0.39 is 5.92 Å². The average molecular weight is 273 g/mol. The van der Waals surface area contributed by atoms with Crippen molar-refractivity contribution >= 4 is 17.2 Å². The number of nitrogens with zero attached hydrogens (tertiary/aromatic N) is 4. The lowest BCUT2D eigenvalue weighted by Gasteiger charge is -2.27. The van der Waals surface area contributed by atoms with Crippen LogP contribution in [0.3, 0.4) is 0 Å². The van der Waals surface area contributed by atoms with Crippen molar-refractivity contribution in [1.29, 1.82) is 0 Å². The SMILES string of the molecule is FC1(F)CCCC(c2nnc3cc(Cl)ncn23)C1. The molecule has 1 atom stereocenters. The van der Waals surface area contributed by atoms with Gasteiger partial charge in [0.05, 0.1) is 0 Å². The number of rotatable bonds is 1. The highest BCUT2D eigenvalue weighted by molar-refractivity contribution is 6.29. The number of hydrogen-bond acceptors (Lipinski definition) is 3. The first-order chi connectivity index (χ1) is 8.55. The molecule has 3 rings (SSSR count). The number of aromatic nitrogens is 4. The molecule has 0 spiro atoms. The fourth-order valence-electron chi connectivity index (χ4n) is 2.46. The van der Waals surface area contributed by atoms with E-state index >= 15 is 0 Å². The highest BCUT2D eigenvalue weighted by Crippen LogP contribution is 2.41. The van der Waals surface area contributed by atoms with Gasteiger partial charge < -0.3 is 0 Å². The molecule has 2 aromatic rings. The van der Waals surface area contributed by atoms with E-state index in [-0.39, 0.29) is 18.8 Å². The van der Waals surface area contributed by atoms with E-state index in [1.807, 2.05) is 0 Å². The molecule has 7 heteroatoms. The smallest absolute Gasteiger partial charge is 0.248 e. The van der Waals surface area contributed by atoms with Crippen molar-refractivity contribution in [1.82, 2.24) is 19.6 Å². The van der Waals surface area contributed by atoms with Gasteiger partial charge in [0, 0.05) is 24.8 Å². The fourth-order valence-corrected chi connectivity index (χ4v) is 2.60. The number of hydrogen-bond donors (Lipinski definition) is 0. The van der Waals surface area contributed by atoms with Gasteiger partial charge in [-0.15, -0.1) is 10.2 Å². The highest BCUT2D eigenvalue weighted by Gasteiger charge is 2.38. The molecule has 0 saturated heterocycles. The molecule has 0 radical (unpaired) electrons. The first-order valence-electron chi connectivity index (χ1n) is 5.79. The van der Waals surface area contributed by atoms with Gasteiger partial charge in [-0.25, -0.2) is 13.8 Å². The molecular weight excluding hydrogens is 262 g/mol. The molecule has 0 N–H and O–H groups in total. The molecule has 96 valence electrons. The van der Waals surface area contributed by atoms with Gasteiger partial charge >= 0.3 is 0 Å². The van der Waals surface area contributed by atoms with E-state index in [1.165, 1.54) is 6.33 Å². The fraction of sp³-hybridized carbons (Fsp3) is 0.545. The quantitative estimate of drug-likeness (QED) is 0.749. The van der Waals surface area contributed by atoms with Crippen molar-refractivity contribution in [2.45, 2.75) is 37.5 Å². The molecule has 2 heterocycles. The second-order valence-electron chi connectivity index (χ2n) is 4.65. The second-order valence-corrected chi connectivity index (χ2v) is 5.03.